The summed E-state index contributed by atoms with van der Waals surface area (Å²) in [5, 5.41) is 3.36. The van der Waals surface area contributed by atoms with E-state index < -0.39 is 0 Å². The van der Waals surface area contributed by atoms with Crippen molar-refractivity contribution in [1.82, 2.24) is 4.98 Å². The van der Waals surface area contributed by atoms with Crippen molar-refractivity contribution < 1.29 is 9.53 Å². The highest BCUT2D eigenvalue weighted by Crippen LogP contribution is 2.36. The first-order valence-corrected chi connectivity index (χ1v) is 6.96. The number of rotatable bonds is 1. The fourth-order valence-corrected chi connectivity index (χ4v) is 2.00. The Balaban J connectivity index is 0.000000224. The van der Waals surface area contributed by atoms with Gasteiger partial charge in [0.05, 0.1) is 0 Å². The zero-order valence-electron chi connectivity index (χ0n) is 12.1. The Morgan fingerprint density at radius 3 is 2.58 bits per heavy atom. The van der Waals surface area contributed by atoms with Gasteiger partial charge in [0.25, 0.3) is 6.47 Å². The predicted octanol–water partition coefficient (Wildman–Crippen LogP) is 3.51. The summed E-state index contributed by atoms with van der Waals surface area (Å²) >= 11 is 3.35. The average Bonchev–Trinajstić information content (AvgIpc) is 2.53. The molecule has 0 unspecified atom stereocenters. The highest BCUT2D eigenvalue weighted by atomic mass is 79.9. The number of hydrogen-bond acceptors (Lipinski definition) is 4. The minimum Gasteiger partial charge on any atom is -0.462 e. The molecule has 19 heavy (non-hydrogen) atoms. The van der Waals surface area contributed by atoms with Crippen LogP contribution in [0, 0.1) is 0 Å². The van der Waals surface area contributed by atoms with Crippen LogP contribution < -0.4 is 5.32 Å². The largest absolute Gasteiger partial charge is 0.462 e. The van der Waals surface area contributed by atoms with E-state index in [2.05, 4.69) is 44.8 Å². The fourth-order valence-electron chi connectivity index (χ4n) is 1.67. The van der Waals surface area contributed by atoms with Crippen molar-refractivity contribution in [3.8, 4) is 0 Å². The monoisotopic (exact) mass is 328 g/mol. The standard InChI is InChI=1S/C9H11BrN2.C5H10O2/c1-9(2)5-12-7-3-8(10)11-4-6(7)9;1-5(2,3)7-4-6/h3-4,12H,5H2,1-2H3;4H,1-3H3. The van der Waals surface area contributed by atoms with Crippen LogP contribution in [-0.2, 0) is 14.9 Å². The first-order valence-electron chi connectivity index (χ1n) is 6.17. The molecule has 1 aromatic heterocycles. The molecule has 1 N–H and O–H groups in total. The molecule has 1 aliphatic heterocycles. The summed E-state index contributed by atoms with van der Waals surface area (Å²) < 4.78 is 5.44. The van der Waals surface area contributed by atoms with Crippen LogP contribution in [0.15, 0.2) is 16.9 Å². The van der Waals surface area contributed by atoms with E-state index in [9.17, 15) is 4.79 Å². The number of pyridine rings is 1. The number of nitrogens with zero attached hydrogens (tertiary/aromatic N) is 1. The number of carbonyl (C=O) groups is 1. The zero-order chi connectivity index (χ0) is 14.7. The van der Waals surface area contributed by atoms with E-state index >= 15 is 0 Å². The molecule has 4 nitrogen and oxygen atoms in total. The molecule has 1 aliphatic rings. The van der Waals surface area contributed by atoms with Crippen molar-refractivity contribution in [3.63, 3.8) is 0 Å². The van der Waals surface area contributed by atoms with E-state index in [1.807, 2.05) is 33.0 Å². The molecule has 2 heterocycles. The van der Waals surface area contributed by atoms with E-state index in [4.69, 9.17) is 0 Å². The molecule has 0 radical (unpaired) electrons. The van der Waals surface area contributed by atoms with Gasteiger partial charge in [0.2, 0.25) is 0 Å². The van der Waals surface area contributed by atoms with Gasteiger partial charge in [-0.25, -0.2) is 4.98 Å². The minimum absolute atomic E-state index is 0.225. The molecule has 0 amide bonds. The number of hydrogen-bond donors (Lipinski definition) is 1. The number of aromatic nitrogens is 1. The van der Waals surface area contributed by atoms with E-state index in [0.717, 1.165) is 11.1 Å². The molecule has 0 spiro atoms. The van der Waals surface area contributed by atoms with Crippen LogP contribution in [0.25, 0.3) is 0 Å². The molecule has 5 heteroatoms. The van der Waals surface area contributed by atoms with Crippen LogP contribution in [0.2, 0.25) is 0 Å². The molecule has 1 aromatic rings. The summed E-state index contributed by atoms with van der Waals surface area (Å²) in [5.74, 6) is 0. The van der Waals surface area contributed by atoms with Crippen LogP contribution in [0.4, 0.5) is 5.69 Å². The number of nitrogens with one attached hydrogen (secondary N) is 1. The maximum Gasteiger partial charge on any atom is 0.293 e. The topological polar surface area (TPSA) is 51.2 Å². The number of ether oxygens (including phenoxy) is 1. The van der Waals surface area contributed by atoms with Crippen molar-refractivity contribution in [2.75, 3.05) is 11.9 Å². The van der Waals surface area contributed by atoms with Gasteiger partial charge in [0.1, 0.15) is 10.2 Å². The molecule has 0 atom stereocenters. The van der Waals surface area contributed by atoms with Gasteiger partial charge in [-0.3, -0.25) is 4.79 Å². The summed E-state index contributed by atoms with van der Waals surface area (Å²) in [6.07, 6.45) is 1.94. The van der Waals surface area contributed by atoms with Crippen LogP contribution in [0.3, 0.4) is 0 Å². The molecule has 0 aromatic carbocycles. The van der Waals surface area contributed by atoms with Gasteiger partial charge in [-0.15, -0.1) is 0 Å². The Morgan fingerprint density at radius 2 is 2.11 bits per heavy atom. The summed E-state index contributed by atoms with van der Waals surface area (Å²) in [6.45, 7) is 11.4. The smallest absolute Gasteiger partial charge is 0.293 e. The van der Waals surface area contributed by atoms with Crippen molar-refractivity contribution in [1.29, 1.82) is 0 Å². The lowest BCUT2D eigenvalue weighted by atomic mass is 9.88. The quantitative estimate of drug-likeness (QED) is 0.633. The normalized spacial score (nSPS) is 15.7. The van der Waals surface area contributed by atoms with Crippen molar-refractivity contribution in [2.45, 2.75) is 45.6 Å². The van der Waals surface area contributed by atoms with Gasteiger partial charge in [-0.05, 0) is 42.8 Å². The Labute approximate surface area is 123 Å². The Bertz CT molecular complexity index is 453. The SMILES string of the molecule is CC(C)(C)OC=O.CC1(C)CNc2cc(Br)ncc21. The molecule has 2 rings (SSSR count). The van der Waals surface area contributed by atoms with Gasteiger partial charge >= 0.3 is 0 Å². The second-order valence-electron chi connectivity index (χ2n) is 6.12. The molecule has 106 valence electrons. The lowest BCUT2D eigenvalue weighted by Gasteiger charge is -2.15. The molecule has 0 bridgehead atoms. The summed E-state index contributed by atoms with van der Waals surface area (Å²) in [6, 6.07) is 2.03. The molecular weight excluding hydrogens is 308 g/mol. The number of anilines is 1. The minimum atomic E-state index is -0.318. The van der Waals surface area contributed by atoms with Crippen molar-refractivity contribution in [3.05, 3.63) is 22.4 Å². The van der Waals surface area contributed by atoms with E-state index in [1.54, 1.807) is 0 Å². The van der Waals surface area contributed by atoms with Gasteiger partial charge in [0.15, 0.2) is 0 Å². The zero-order valence-corrected chi connectivity index (χ0v) is 13.7. The predicted molar refractivity (Wildman–Crippen MR) is 80.4 cm³/mol. The van der Waals surface area contributed by atoms with Gasteiger partial charge in [0, 0.05) is 29.4 Å². The molecule has 0 fully saturated rings. The Hall–Kier alpha value is -1.10. The first-order chi connectivity index (χ1) is 8.65. The third kappa shape index (κ3) is 4.82. The van der Waals surface area contributed by atoms with E-state index in [-0.39, 0.29) is 11.0 Å². The molecular formula is C14H21BrN2O2. The van der Waals surface area contributed by atoms with Crippen molar-refractivity contribution in [2.24, 2.45) is 0 Å². The lowest BCUT2D eigenvalue weighted by Crippen LogP contribution is -2.18. The Kier molecular flexibility index (Phi) is 4.96. The first kappa shape index (κ1) is 16.0. The lowest BCUT2D eigenvalue weighted by molar-refractivity contribution is -0.138. The Morgan fingerprint density at radius 1 is 1.47 bits per heavy atom. The van der Waals surface area contributed by atoms with Crippen molar-refractivity contribution >= 4 is 28.1 Å². The maximum absolute atomic E-state index is 9.60. The van der Waals surface area contributed by atoms with E-state index in [0.29, 0.717) is 6.47 Å². The van der Waals surface area contributed by atoms with Gasteiger partial charge in [-0.2, -0.15) is 0 Å². The number of fused-ring (bicyclic) bond motifs is 1. The second-order valence-corrected chi connectivity index (χ2v) is 6.93. The van der Waals surface area contributed by atoms with Crippen LogP contribution in [0.1, 0.15) is 40.2 Å². The third-order valence-corrected chi connectivity index (χ3v) is 3.16. The van der Waals surface area contributed by atoms with Gasteiger partial charge in [-0.1, -0.05) is 13.8 Å². The molecule has 0 saturated heterocycles. The fraction of sp³-hybridized carbons (Fsp3) is 0.571. The summed E-state index contributed by atoms with van der Waals surface area (Å²) in [4.78, 5) is 13.8. The molecule has 0 saturated carbocycles. The van der Waals surface area contributed by atoms with Crippen LogP contribution in [0.5, 0.6) is 0 Å². The number of halogens is 1. The summed E-state index contributed by atoms with van der Waals surface area (Å²) in [7, 11) is 0. The van der Waals surface area contributed by atoms with Crippen LogP contribution >= 0.6 is 15.9 Å². The maximum atomic E-state index is 9.60. The summed E-state index contributed by atoms with van der Waals surface area (Å²) in [5.41, 5.74) is 2.43. The van der Waals surface area contributed by atoms with Crippen LogP contribution in [-0.4, -0.2) is 23.6 Å². The van der Waals surface area contributed by atoms with E-state index in [1.165, 1.54) is 11.3 Å². The third-order valence-electron chi connectivity index (χ3n) is 2.72. The molecule has 0 aliphatic carbocycles. The number of carbonyl (C=O) groups excluding carboxylic acids is 1. The average molecular weight is 329 g/mol. The highest BCUT2D eigenvalue weighted by Gasteiger charge is 2.29. The second kappa shape index (κ2) is 5.90. The highest BCUT2D eigenvalue weighted by molar-refractivity contribution is 9.10. The van der Waals surface area contributed by atoms with Gasteiger partial charge < -0.3 is 10.1 Å².